The predicted octanol–water partition coefficient (Wildman–Crippen LogP) is 2.55. The van der Waals surface area contributed by atoms with Crippen LogP contribution in [0.25, 0.3) is 0 Å². The van der Waals surface area contributed by atoms with Crippen LogP contribution in [0.1, 0.15) is 28.3 Å². The normalized spacial score (nSPS) is 16.0. The van der Waals surface area contributed by atoms with E-state index in [0.717, 1.165) is 38.5 Å². The molecule has 0 aromatic heterocycles. The minimum Gasteiger partial charge on any atom is -0.370 e. The van der Waals surface area contributed by atoms with E-state index in [2.05, 4.69) is 73.9 Å². The highest BCUT2D eigenvalue weighted by Gasteiger charge is 2.22. The van der Waals surface area contributed by atoms with Gasteiger partial charge >= 0.3 is 0 Å². The van der Waals surface area contributed by atoms with Crippen molar-refractivity contribution in [2.24, 2.45) is 0 Å². The first kappa shape index (κ1) is 19.8. The quantitative estimate of drug-likeness (QED) is 0.693. The van der Waals surface area contributed by atoms with E-state index >= 15 is 0 Å². The van der Waals surface area contributed by atoms with E-state index in [1.807, 2.05) is 0 Å². The SMILES string of the molecule is Cc1ccc([C@@H](C[NH+]2CCOCC2)NC(=S)Nc2ccc(C)c(C)c2)cc1. The molecule has 1 aliphatic rings. The van der Waals surface area contributed by atoms with Crippen LogP contribution >= 0.6 is 12.2 Å². The Morgan fingerprint density at radius 1 is 1.04 bits per heavy atom. The summed E-state index contributed by atoms with van der Waals surface area (Å²) in [7, 11) is 0. The molecule has 3 rings (SSSR count). The van der Waals surface area contributed by atoms with Gasteiger partial charge in [-0.1, -0.05) is 35.9 Å². The molecule has 0 aliphatic carbocycles. The van der Waals surface area contributed by atoms with E-state index < -0.39 is 0 Å². The number of hydrogen-bond acceptors (Lipinski definition) is 2. The average molecular weight is 385 g/mol. The van der Waals surface area contributed by atoms with Gasteiger partial charge in [0.1, 0.15) is 25.7 Å². The minimum absolute atomic E-state index is 0.172. The third-order valence-electron chi connectivity index (χ3n) is 5.24. The number of hydrogen-bond donors (Lipinski definition) is 3. The second-order valence-electron chi connectivity index (χ2n) is 7.43. The average Bonchev–Trinajstić information content (AvgIpc) is 2.66. The Morgan fingerprint density at radius 3 is 2.41 bits per heavy atom. The summed E-state index contributed by atoms with van der Waals surface area (Å²) in [6.45, 7) is 11.1. The first-order chi connectivity index (χ1) is 13.0. The van der Waals surface area contributed by atoms with Crippen molar-refractivity contribution in [3.63, 3.8) is 0 Å². The van der Waals surface area contributed by atoms with Gasteiger partial charge in [-0.15, -0.1) is 0 Å². The largest absolute Gasteiger partial charge is 0.370 e. The maximum atomic E-state index is 5.63. The highest BCUT2D eigenvalue weighted by Crippen LogP contribution is 2.16. The van der Waals surface area contributed by atoms with Gasteiger partial charge in [0.2, 0.25) is 0 Å². The van der Waals surface area contributed by atoms with Gasteiger partial charge in [-0.25, -0.2) is 0 Å². The summed E-state index contributed by atoms with van der Waals surface area (Å²) in [5.41, 5.74) is 6.11. The number of benzene rings is 2. The van der Waals surface area contributed by atoms with Crippen molar-refractivity contribution in [3.05, 3.63) is 64.7 Å². The van der Waals surface area contributed by atoms with E-state index in [-0.39, 0.29) is 6.04 Å². The fourth-order valence-electron chi connectivity index (χ4n) is 3.35. The Kier molecular flexibility index (Phi) is 6.83. The van der Waals surface area contributed by atoms with Crippen molar-refractivity contribution in [2.75, 3.05) is 38.2 Å². The fraction of sp³-hybridized carbons (Fsp3) is 0.409. The predicted molar refractivity (Wildman–Crippen MR) is 116 cm³/mol. The van der Waals surface area contributed by atoms with Gasteiger partial charge < -0.3 is 20.3 Å². The summed E-state index contributed by atoms with van der Waals surface area (Å²) < 4.78 is 5.50. The van der Waals surface area contributed by atoms with Crippen LogP contribution in [0.2, 0.25) is 0 Å². The van der Waals surface area contributed by atoms with Crippen LogP contribution in [0.5, 0.6) is 0 Å². The van der Waals surface area contributed by atoms with Crippen molar-refractivity contribution < 1.29 is 9.64 Å². The lowest BCUT2D eigenvalue weighted by Gasteiger charge is -2.29. The summed E-state index contributed by atoms with van der Waals surface area (Å²) >= 11 is 5.63. The van der Waals surface area contributed by atoms with Gasteiger partial charge in [0.25, 0.3) is 0 Å². The van der Waals surface area contributed by atoms with Crippen LogP contribution in [0, 0.1) is 20.8 Å². The number of morpholine rings is 1. The van der Waals surface area contributed by atoms with E-state index in [4.69, 9.17) is 17.0 Å². The maximum absolute atomic E-state index is 5.63. The second-order valence-corrected chi connectivity index (χ2v) is 7.84. The highest BCUT2D eigenvalue weighted by molar-refractivity contribution is 7.80. The van der Waals surface area contributed by atoms with Gasteiger partial charge in [0, 0.05) is 5.69 Å². The Labute approximate surface area is 167 Å². The molecular formula is C22H30N3OS+. The minimum atomic E-state index is 0.172. The topological polar surface area (TPSA) is 37.7 Å². The summed E-state index contributed by atoms with van der Waals surface area (Å²) in [6.07, 6.45) is 0. The Balaban J connectivity index is 1.70. The first-order valence-corrected chi connectivity index (χ1v) is 10.0. The van der Waals surface area contributed by atoms with Crippen molar-refractivity contribution in [2.45, 2.75) is 26.8 Å². The molecule has 2 aromatic carbocycles. The van der Waals surface area contributed by atoms with Gasteiger partial charge in [0.15, 0.2) is 5.11 Å². The van der Waals surface area contributed by atoms with Crippen LogP contribution in [0.3, 0.4) is 0 Å². The molecule has 1 fully saturated rings. The van der Waals surface area contributed by atoms with E-state index in [1.165, 1.54) is 22.3 Å². The molecule has 144 valence electrons. The van der Waals surface area contributed by atoms with Crippen LogP contribution in [0.4, 0.5) is 5.69 Å². The van der Waals surface area contributed by atoms with Gasteiger partial charge in [-0.2, -0.15) is 0 Å². The number of anilines is 1. The third kappa shape index (κ3) is 5.76. The number of quaternary nitrogens is 1. The summed E-state index contributed by atoms with van der Waals surface area (Å²) in [6, 6.07) is 15.2. The first-order valence-electron chi connectivity index (χ1n) is 9.64. The standard InChI is InChI=1S/C22H29N3OS/c1-16-4-7-19(8-5-16)21(15-25-10-12-26-13-11-25)24-22(27)23-20-9-6-17(2)18(3)14-20/h4-9,14,21H,10-13,15H2,1-3H3,(H2,23,24,27)/p+1/t21-/m1/s1. The molecule has 0 amide bonds. The second kappa shape index (κ2) is 9.31. The third-order valence-corrected chi connectivity index (χ3v) is 5.46. The number of aryl methyl sites for hydroxylation is 3. The Hall–Kier alpha value is -1.95. The molecule has 5 heteroatoms. The molecule has 1 aliphatic heterocycles. The summed E-state index contributed by atoms with van der Waals surface area (Å²) in [4.78, 5) is 1.55. The van der Waals surface area contributed by atoms with Gasteiger partial charge in [-0.3, -0.25) is 0 Å². The lowest BCUT2D eigenvalue weighted by molar-refractivity contribution is -0.909. The number of rotatable bonds is 5. The Bertz CT molecular complexity index is 770. The molecule has 4 nitrogen and oxygen atoms in total. The van der Waals surface area contributed by atoms with E-state index in [0.29, 0.717) is 5.11 Å². The molecule has 2 aromatic rings. The van der Waals surface area contributed by atoms with Crippen molar-refractivity contribution >= 4 is 23.0 Å². The van der Waals surface area contributed by atoms with E-state index in [9.17, 15) is 0 Å². The molecule has 0 unspecified atom stereocenters. The lowest BCUT2D eigenvalue weighted by atomic mass is 10.0. The molecule has 1 atom stereocenters. The van der Waals surface area contributed by atoms with Gasteiger partial charge in [0.05, 0.1) is 13.2 Å². The molecule has 0 bridgehead atoms. The smallest absolute Gasteiger partial charge is 0.171 e. The molecule has 0 saturated carbocycles. The molecule has 1 heterocycles. The van der Waals surface area contributed by atoms with Crippen LogP contribution in [0.15, 0.2) is 42.5 Å². The monoisotopic (exact) mass is 384 g/mol. The zero-order chi connectivity index (χ0) is 19.2. The van der Waals surface area contributed by atoms with Crippen LogP contribution < -0.4 is 15.5 Å². The number of thiocarbonyl (C=S) groups is 1. The van der Waals surface area contributed by atoms with Crippen LogP contribution in [-0.4, -0.2) is 38.0 Å². The zero-order valence-corrected chi connectivity index (χ0v) is 17.3. The number of ether oxygens (including phenoxy) is 1. The lowest BCUT2D eigenvalue weighted by Crippen LogP contribution is -3.14. The number of nitrogens with one attached hydrogen (secondary N) is 3. The maximum Gasteiger partial charge on any atom is 0.171 e. The zero-order valence-electron chi connectivity index (χ0n) is 16.5. The molecule has 1 saturated heterocycles. The fourth-order valence-corrected chi connectivity index (χ4v) is 3.61. The van der Waals surface area contributed by atoms with Crippen molar-refractivity contribution in [1.82, 2.24) is 5.32 Å². The summed E-state index contributed by atoms with van der Waals surface area (Å²) in [5, 5.41) is 7.55. The van der Waals surface area contributed by atoms with Crippen LogP contribution in [-0.2, 0) is 4.74 Å². The molecular weight excluding hydrogens is 354 g/mol. The van der Waals surface area contributed by atoms with E-state index in [1.54, 1.807) is 4.90 Å². The van der Waals surface area contributed by atoms with Crippen molar-refractivity contribution in [1.29, 1.82) is 0 Å². The summed E-state index contributed by atoms with van der Waals surface area (Å²) in [5.74, 6) is 0. The molecule has 27 heavy (non-hydrogen) atoms. The van der Waals surface area contributed by atoms with Crippen molar-refractivity contribution in [3.8, 4) is 0 Å². The molecule has 0 spiro atoms. The van der Waals surface area contributed by atoms with Gasteiger partial charge in [-0.05, 0) is 61.8 Å². The Morgan fingerprint density at radius 2 is 1.74 bits per heavy atom. The highest BCUT2D eigenvalue weighted by atomic mass is 32.1. The molecule has 3 N–H and O–H groups in total. The molecule has 0 radical (unpaired) electrons.